The molecule has 1 aliphatic rings. The van der Waals surface area contributed by atoms with Crippen LogP contribution in [0.3, 0.4) is 0 Å². The van der Waals surface area contributed by atoms with Gasteiger partial charge >= 0.3 is 6.18 Å². The van der Waals surface area contributed by atoms with Crippen molar-refractivity contribution in [2.24, 2.45) is 0 Å². The highest BCUT2D eigenvalue weighted by Gasteiger charge is 2.47. The Labute approximate surface area is 159 Å². The van der Waals surface area contributed by atoms with E-state index in [2.05, 4.69) is 19.9 Å². The van der Waals surface area contributed by atoms with Crippen molar-refractivity contribution < 1.29 is 17.9 Å². The second-order valence-electron chi connectivity index (χ2n) is 6.37. The molecule has 1 aliphatic heterocycles. The summed E-state index contributed by atoms with van der Waals surface area (Å²) >= 11 is 0. The average molecular weight is 392 g/mol. The van der Waals surface area contributed by atoms with Crippen molar-refractivity contribution in [3.05, 3.63) is 30.4 Å². The molecule has 3 aromatic rings. The van der Waals surface area contributed by atoms with Gasteiger partial charge in [0.1, 0.15) is 5.82 Å². The number of hydrogen-bond acceptors (Lipinski definition) is 6. The Morgan fingerprint density at radius 3 is 2.64 bits per heavy atom. The lowest BCUT2D eigenvalue weighted by molar-refractivity contribution is -0.233. The Balaban J connectivity index is 1.99. The zero-order chi connectivity index (χ0) is 19.9. The molecule has 0 bridgehead atoms. The van der Waals surface area contributed by atoms with E-state index in [9.17, 15) is 13.2 Å². The van der Waals surface area contributed by atoms with Gasteiger partial charge < -0.3 is 14.2 Å². The van der Waals surface area contributed by atoms with Gasteiger partial charge in [-0.25, -0.2) is 15.0 Å². The van der Waals surface area contributed by atoms with Gasteiger partial charge in [0.05, 0.1) is 6.61 Å². The van der Waals surface area contributed by atoms with E-state index in [0.717, 1.165) is 0 Å². The van der Waals surface area contributed by atoms with Gasteiger partial charge in [-0.2, -0.15) is 13.2 Å². The first kappa shape index (κ1) is 18.6. The average Bonchev–Trinajstić information content (AvgIpc) is 3.07. The second-order valence-corrected chi connectivity index (χ2v) is 6.37. The summed E-state index contributed by atoms with van der Waals surface area (Å²) in [6.45, 7) is 5.37. The largest absolute Gasteiger partial charge is 0.421 e. The maximum Gasteiger partial charge on any atom is 0.421 e. The molecule has 0 spiro atoms. The molecule has 28 heavy (non-hydrogen) atoms. The fraction of sp³-hybridized carbons (Fsp3) is 0.444. The number of alkyl halides is 3. The number of hydrogen-bond donors (Lipinski definition) is 0. The number of ether oxygens (including phenoxy) is 1. The SMILES string of the molecule is CCN(CC)c1nc(-c2cccnc2)nc2c1nc1n2CCOC1C(F)(F)F. The van der Waals surface area contributed by atoms with Gasteiger partial charge in [-0.1, -0.05) is 0 Å². The number of halogens is 3. The van der Waals surface area contributed by atoms with Gasteiger partial charge in [0.15, 0.2) is 22.8 Å². The second kappa shape index (κ2) is 7.01. The molecule has 10 heteroatoms. The lowest BCUT2D eigenvalue weighted by atomic mass is 10.2. The van der Waals surface area contributed by atoms with Crippen LogP contribution in [0.4, 0.5) is 19.0 Å². The molecule has 4 heterocycles. The normalized spacial score (nSPS) is 17.0. The molecule has 0 amide bonds. The van der Waals surface area contributed by atoms with Gasteiger partial charge in [-0.05, 0) is 26.0 Å². The zero-order valence-corrected chi connectivity index (χ0v) is 15.4. The Hall–Kier alpha value is -2.75. The molecule has 1 unspecified atom stereocenters. The zero-order valence-electron chi connectivity index (χ0n) is 15.4. The molecule has 0 saturated heterocycles. The van der Waals surface area contributed by atoms with E-state index in [1.807, 2.05) is 24.8 Å². The van der Waals surface area contributed by atoms with Gasteiger partial charge in [0, 0.05) is 37.6 Å². The highest BCUT2D eigenvalue weighted by molar-refractivity contribution is 5.86. The van der Waals surface area contributed by atoms with E-state index in [4.69, 9.17) is 4.74 Å². The molecule has 3 aromatic heterocycles. The molecule has 4 rings (SSSR count). The Morgan fingerprint density at radius 1 is 1.21 bits per heavy atom. The van der Waals surface area contributed by atoms with Crippen molar-refractivity contribution in [3.63, 3.8) is 0 Å². The molecule has 0 N–H and O–H groups in total. The third-order valence-electron chi connectivity index (χ3n) is 4.72. The minimum absolute atomic E-state index is 0.0601. The summed E-state index contributed by atoms with van der Waals surface area (Å²) in [7, 11) is 0. The molecular formula is C18H19F3N6O. The fourth-order valence-corrected chi connectivity index (χ4v) is 3.37. The Morgan fingerprint density at radius 2 is 2.00 bits per heavy atom. The first-order chi connectivity index (χ1) is 13.4. The summed E-state index contributed by atoms with van der Waals surface area (Å²) in [6, 6.07) is 3.58. The summed E-state index contributed by atoms with van der Waals surface area (Å²) in [4.78, 5) is 19.5. The van der Waals surface area contributed by atoms with Crippen molar-refractivity contribution in [2.75, 3.05) is 24.6 Å². The van der Waals surface area contributed by atoms with Crippen molar-refractivity contribution >= 4 is 17.0 Å². The highest BCUT2D eigenvalue weighted by atomic mass is 19.4. The molecular weight excluding hydrogens is 373 g/mol. The first-order valence-corrected chi connectivity index (χ1v) is 9.05. The predicted molar refractivity (Wildman–Crippen MR) is 96.9 cm³/mol. The molecule has 0 radical (unpaired) electrons. The van der Waals surface area contributed by atoms with Crippen LogP contribution in [-0.2, 0) is 11.3 Å². The number of fused-ring (bicyclic) bond motifs is 3. The Bertz CT molecular complexity index is 984. The summed E-state index contributed by atoms with van der Waals surface area (Å²) in [6.07, 6.45) is -3.35. The van der Waals surface area contributed by atoms with Crippen LogP contribution in [0.15, 0.2) is 24.5 Å². The van der Waals surface area contributed by atoms with Crippen molar-refractivity contribution in [1.29, 1.82) is 0 Å². The van der Waals surface area contributed by atoms with Gasteiger partial charge in [-0.15, -0.1) is 0 Å². The van der Waals surface area contributed by atoms with Crippen LogP contribution < -0.4 is 4.90 Å². The van der Waals surface area contributed by atoms with Gasteiger partial charge in [-0.3, -0.25) is 4.98 Å². The number of imidazole rings is 1. The van der Waals surface area contributed by atoms with E-state index >= 15 is 0 Å². The monoisotopic (exact) mass is 392 g/mol. The van der Waals surface area contributed by atoms with E-state index < -0.39 is 12.3 Å². The van der Waals surface area contributed by atoms with Crippen molar-refractivity contribution in [3.8, 4) is 11.4 Å². The quantitative estimate of drug-likeness (QED) is 0.678. The van der Waals surface area contributed by atoms with Crippen LogP contribution in [0, 0.1) is 0 Å². The van der Waals surface area contributed by atoms with Crippen molar-refractivity contribution in [2.45, 2.75) is 32.7 Å². The lowest BCUT2D eigenvalue weighted by Crippen LogP contribution is -2.32. The molecule has 1 atom stereocenters. The number of rotatable bonds is 4. The lowest BCUT2D eigenvalue weighted by Gasteiger charge is -2.25. The highest BCUT2D eigenvalue weighted by Crippen LogP contribution is 2.40. The topological polar surface area (TPSA) is 69.0 Å². The first-order valence-electron chi connectivity index (χ1n) is 9.05. The van der Waals surface area contributed by atoms with Crippen LogP contribution in [0.5, 0.6) is 0 Å². The van der Waals surface area contributed by atoms with Crippen LogP contribution in [0.1, 0.15) is 25.8 Å². The standard InChI is InChI=1S/C18H19F3N6O/c1-3-26(4-2)15-12-16(25-14(24-15)11-6-5-7-22-10-11)27-8-9-28-13(17(27)23-12)18(19,20)21/h5-7,10,13H,3-4,8-9H2,1-2H3. The minimum Gasteiger partial charge on any atom is -0.359 e. The number of pyridine rings is 1. The molecule has 0 saturated carbocycles. The van der Waals surface area contributed by atoms with Gasteiger partial charge in [0.25, 0.3) is 0 Å². The van der Waals surface area contributed by atoms with E-state index in [-0.39, 0.29) is 19.0 Å². The molecule has 148 valence electrons. The summed E-state index contributed by atoms with van der Waals surface area (Å²) in [5.74, 6) is 0.733. The molecule has 0 fully saturated rings. The Kier molecular flexibility index (Phi) is 4.66. The third kappa shape index (κ3) is 3.07. The van der Waals surface area contributed by atoms with Crippen LogP contribution in [0.25, 0.3) is 22.6 Å². The minimum atomic E-state index is -4.55. The van der Waals surface area contributed by atoms with Gasteiger partial charge in [0.2, 0.25) is 6.10 Å². The van der Waals surface area contributed by atoms with E-state index in [0.29, 0.717) is 41.5 Å². The molecule has 0 aromatic carbocycles. The summed E-state index contributed by atoms with van der Waals surface area (Å²) in [5.41, 5.74) is 1.42. The van der Waals surface area contributed by atoms with E-state index in [1.54, 1.807) is 18.5 Å². The van der Waals surface area contributed by atoms with Crippen LogP contribution >= 0.6 is 0 Å². The maximum atomic E-state index is 13.5. The maximum absolute atomic E-state index is 13.5. The molecule has 0 aliphatic carbocycles. The smallest absolute Gasteiger partial charge is 0.359 e. The fourth-order valence-electron chi connectivity index (χ4n) is 3.37. The van der Waals surface area contributed by atoms with Crippen LogP contribution in [-0.4, -0.2) is 50.4 Å². The van der Waals surface area contributed by atoms with Crippen molar-refractivity contribution in [1.82, 2.24) is 24.5 Å². The van der Waals surface area contributed by atoms with Crippen LogP contribution in [0.2, 0.25) is 0 Å². The summed E-state index contributed by atoms with van der Waals surface area (Å²) in [5, 5.41) is 0. The summed E-state index contributed by atoms with van der Waals surface area (Å²) < 4.78 is 46.8. The number of aromatic nitrogens is 5. The third-order valence-corrected chi connectivity index (χ3v) is 4.72. The predicted octanol–water partition coefficient (Wildman–Crippen LogP) is 3.37. The van der Waals surface area contributed by atoms with E-state index in [1.165, 1.54) is 4.57 Å². The number of nitrogens with zero attached hydrogens (tertiary/aromatic N) is 6. The number of anilines is 1. The molecule has 7 nitrogen and oxygen atoms in total.